The van der Waals surface area contributed by atoms with Gasteiger partial charge in [-0.25, -0.2) is 4.79 Å². The second-order valence-corrected chi connectivity index (χ2v) is 7.88. The van der Waals surface area contributed by atoms with Crippen molar-refractivity contribution in [3.8, 4) is 5.75 Å². The third-order valence-corrected chi connectivity index (χ3v) is 5.71. The van der Waals surface area contributed by atoms with Gasteiger partial charge in [-0.1, -0.05) is 55.3 Å². The van der Waals surface area contributed by atoms with Crippen molar-refractivity contribution < 1.29 is 19.1 Å². The molecule has 0 bridgehead atoms. The molecule has 1 fully saturated rings. The van der Waals surface area contributed by atoms with Crippen molar-refractivity contribution in [1.82, 2.24) is 4.90 Å². The van der Waals surface area contributed by atoms with Gasteiger partial charge < -0.3 is 14.4 Å². The molecule has 1 aliphatic carbocycles. The number of hydrogen-bond donors (Lipinski definition) is 0. The first-order chi connectivity index (χ1) is 13.0. The van der Waals surface area contributed by atoms with Crippen molar-refractivity contribution in [3.63, 3.8) is 0 Å². The predicted molar refractivity (Wildman–Crippen MR) is 104 cm³/mol. The van der Waals surface area contributed by atoms with Crippen LogP contribution >= 0.6 is 23.2 Å². The van der Waals surface area contributed by atoms with E-state index in [1.165, 1.54) is 37.3 Å². The third-order valence-electron chi connectivity index (χ3n) is 5.16. The van der Waals surface area contributed by atoms with Crippen LogP contribution < -0.4 is 4.74 Å². The Morgan fingerprint density at radius 3 is 2.70 bits per heavy atom. The second-order valence-electron chi connectivity index (χ2n) is 7.03. The van der Waals surface area contributed by atoms with Gasteiger partial charge in [0.05, 0.1) is 18.7 Å². The van der Waals surface area contributed by atoms with Gasteiger partial charge in [0.2, 0.25) is 0 Å². The van der Waals surface area contributed by atoms with Gasteiger partial charge in [-0.2, -0.15) is 0 Å². The van der Waals surface area contributed by atoms with E-state index in [4.69, 9.17) is 32.7 Å². The van der Waals surface area contributed by atoms with Crippen LogP contribution in [0, 0.1) is 5.92 Å². The van der Waals surface area contributed by atoms with Crippen LogP contribution in [0.4, 0.5) is 0 Å². The summed E-state index contributed by atoms with van der Waals surface area (Å²) in [5.74, 6) is 0.607. The summed E-state index contributed by atoms with van der Waals surface area (Å²) in [4.78, 5) is 26.4. The average Bonchev–Trinajstić information content (AvgIpc) is 3.03. The van der Waals surface area contributed by atoms with Crippen LogP contribution in [-0.2, 0) is 14.3 Å². The van der Waals surface area contributed by atoms with Gasteiger partial charge in [0.15, 0.2) is 0 Å². The lowest BCUT2D eigenvalue weighted by molar-refractivity contribution is -0.151. The highest BCUT2D eigenvalue weighted by Gasteiger charge is 2.36. The molecule has 0 aromatic heterocycles. The maximum absolute atomic E-state index is 12.5. The molecular weight excluding hydrogens is 389 g/mol. The van der Waals surface area contributed by atoms with Crippen molar-refractivity contribution in [2.75, 3.05) is 13.7 Å². The molecule has 0 N–H and O–H groups in total. The summed E-state index contributed by atoms with van der Waals surface area (Å²) in [5, 5.41) is 0.888. The summed E-state index contributed by atoms with van der Waals surface area (Å²) in [7, 11) is 1.35. The molecule has 1 unspecified atom stereocenters. The Hall–Kier alpha value is -1.72. The molecule has 1 heterocycles. The quantitative estimate of drug-likeness (QED) is 0.641. The molecule has 5 nitrogen and oxygen atoms in total. The van der Waals surface area contributed by atoms with Crippen LogP contribution in [0.25, 0.3) is 0 Å². The molecule has 1 aromatic carbocycles. The fourth-order valence-corrected chi connectivity index (χ4v) is 4.08. The number of methoxy groups -OCH3 is 1. The van der Waals surface area contributed by atoms with E-state index in [1.807, 2.05) is 0 Å². The standard InChI is InChI=1S/C20H23Cl2NO4/c1-26-20(25)17(9-13-5-3-2-4-6-13)23-12-15(11-19(23)24)27-18-10-14(21)7-8-16(18)22/h7-8,10-11,13,17H,2-6,9,12H2,1H3. The second kappa shape index (κ2) is 8.98. The van der Waals surface area contributed by atoms with Gasteiger partial charge in [-0.3, -0.25) is 4.79 Å². The Morgan fingerprint density at radius 1 is 1.26 bits per heavy atom. The Labute approximate surface area is 169 Å². The zero-order valence-corrected chi connectivity index (χ0v) is 16.8. The molecule has 146 valence electrons. The van der Waals surface area contributed by atoms with Crippen LogP contribution in [0.15, 0.2) is 30.0 Å². The van der Waals surface area contributed by atoms with E-state index in [2.05, 4.69) is 0 Å². The number of nitrogens with zero attached hydrogens (tertiary/aromatic N) is 1. The fraction of sp³-hybridized carbons (Fsp3) is 0.500. The summed E-state index contributed by atoms with van der Waals surface area (Å²) in [5.41, 5.74) is 0. The molecule has 0 saturated heterocycles. The molecule has 0 spiro atoms. The largest absolute Gasteiger partial charge is 0.467 e. The minimum Gasteiger partial charge on any atom is -0.467 e. The topological polar surface area (TPSA) is 55.8 Å². The van der Waals surface area contributed by atoms with E-state index in [9.17, 15) is 9.59 Å². The predicted octanol–water partition coefficient (Wildman–Crippen LogP) is 4.61. The number of rotatable bonds is 6. The van der Waals surface area contributed by atoms with E-state index in [0.717, 1.165) is 12.8 Å². The number of carbonyl (C=O) groups excluding carboxylic acids is 2. The van der Waals surface area contributed by atoms with Crippen LogP contribution in [0.5, 0.6) is 5.75 Å². The molecular formula is C20H23Cl2NO4. The van der Waals surface area contributed by atoms with Gasteiger partial charge in [0.1, 0.15) is 17.6 Å². The van der Waals surface area contributed by atoms with Crippen LogP contribution in [0.2, 0.25) is 10.0 Å². The monoisotopic (exact) mass is 411 g/mol. The molecule has 1 saturated carbocycles. The first-order valence-corrected chi connectivity index (χ1v) is 9.95. The van der Waals surface area contributed by atoms with Crippen LogP contribution in [-0.4, -0.2) is 36.5 Å². The highest BCUT2D eigenvalue weighted by atomic mass is 35.5. The number of halogens is 2. The SMILES string of the molecule is COC(=O)C(CC1CCCCC1)N1CC(Oc2cc(Cl)ccc2Cl)=CC1=O. The van der Waals surface area contributed by atoms with Crippen molar-refractivity contribution in [3.05, 3.63) is 40.1 Å². The molecule has 27 heavy (non-hydrogen) atoms. The first-order valence-electron chi connectivity index (χ1n) is 9.20. The van der Waals surface area contributed by atoms with Crippen molar-refractivity contribution in [1.29, 1.82) is 0 Å². The number of benzene rings is 1. The maximum Gasteiger partial charge on any atom is 0.328 e. The van der Waals surface area contributed by atoms with E-state index < -0.39 is 6.04 Å². The smallest absolute Gasteiger partial charge is 0.328 e. The fourth-order valence-electron chi connectivity index (χ4n) is 3.76. The summed E-state index contributed by atoms with van der Waals surface area (Å²) in [6, 6.07) is 4.29. The van der Waals surface area contributed by atoms with Gasteiger partial charge >= 0.3 is 5.97 Å². The van der Waals surface area contributed by atoms with E-state index in [1.54, 1.807) is 18.2 Å². The van der Waals surface area contributed by atoms with Crippen molar-refractivity contribution >= 4 is 35.1 Å². The number of ether oxygens (including phenoxy) is 2. The molecule has 2 aliphatic rings. The van der Waals surface area contributed by atoms with E-state index in [0.29, 0.717) is 33.9 Å². The maximum atomic E-state index is 12.5. The lowest BCUT2D eigenvalue weighted by atomic mass is 9.84. The number of hydrogen-bond acceptors (Lipinski definition) is 4. The lowest BCUT2D eigenvalue weighted by Gasteiger charge is -2.30. The number of carbonyl (C=O) groups is 2. The van der Waals surface area contributed by atoms with Gasteiger partial charge in [-0.15, -0.1) is 0 Å². The average molecular weight is 412 g/mol. The summed E-state index contributed by atoms with van der Waals surface area (Å²) >= 11 is 12.1. The Balaban J connectivity index is 1.70. The van der Waals surface area contributed by atoms with E-state index in [-0.39, 0.29) is 18.4 Å². The van der Waals surface area contributed by atoms with Crippen LogP contribution in [0.3, 0.4) is 0 Å². The zero-order chi connectivity index (χ0) is 19.4. The summed E-state index contributed by atoms with van der Waals surface area (Å²) in [6.07, 6.45) is 7.78. The minimum atomic E-state index is -0.599. The van der Waals surface area contributed by atoms with Gasteiger partial charge in [-0.05, 0) is 24.5 Å². The van der Waals surface area contributed by atoms with Crippen molar-refractivity contribution in [2.45, 2.75) is 44.6 Å². The van der Waals surface area contributed by atoms with Crippen molar-refractivity contribution in [2.24, 2.45) is 5.92 Å². The van der Waals surface area contributed by atoms with E-state index >= 15 is 0 Å². The van der Waals surface area contributed by atoms with Crippen LogP contribution in [0.1, 0.15) is 38.5 Å². The summed E-state index contributed by atoms with van der Waals surface area (Å²) in [6.45, 7) is 0.203. The molecule has 1 aromatic rings. The molecule has 1 atom stereocenters. The molecule has 1 amide bonds. The Bertz CT molecular complexity index is 743. The Kier molecular flexibility index (Phi) is 6.66. The third kappa shape index (κ3) is 4.96. The lowest BCUT2D eigenvalue weighted by Crippen LogP contribution is -2.44. The summed E-state index contributed by atoms with van der Waals surface area (Å²) < 4.78 is 10.7. The van der Waals surface area contributed by atoms with Gasteiger partial charge in [0.25, 0.3) is 5.91 Å². The molecule has 0 radical (unpaired) electrons. The normalized spacial score (nSPS) is 19.0. The number of amides is 1. The highest BCUT2D eigenvalue weighted by Crippen LogP contribution is 2.32. The zero-order valence-electron chi connectivity index (χ0n) is 15.2. The van der Waals surface area contributed by atoms with Gasteiger partial charge in [0, 0.05) is 17.2 Å². The highest BCUT2D eigenvalue weighted by molar-refractivity contribution is 6.34. The molecule has 1 aliphatic heterocycles. The molecule has 7 heteroatoms. The number of esters is 1. The molecule has 3 rings (SSSR count). The first kappa shape index (κ1) is 20.0. The minimum absolute atomic E-state index is 0.203. The Morgan fingerprint density at radius 2 is 2.00 bits per heavy atom.